The third-order valence-corrected chi connectivity index (χ3v) is 2.68. The van der Waals surface area contributed by atoms with Crippen LogP contribution in [0.15, 0.2) is 5.10 Å². The molecular weight excluding hydrogens is 188 g/mol. The van der Waals surface area contributed by atoms with E-state index in [1.54, 1.807) is 6.21 Å². The molecule has 76 valence electrons. The van der Waals surface area contributed by atoms with Gasteiger partial charge in [0.1, 0.15) is 0 Å². The van der Waals surface area contributed by atoms with E-state index in [0.717, 1.165) is 25.0 Å². The fourth-order valence-electron chi connectivity index (χ4n) is 1.62. The van der Waals surface area contributed by atoms with Gasteiger partial charge in [0.05, 0.1) is 6.26 Å². The van der Waals surface area contributed by atoms with Crippen LogP contribution < -0.4 is 4.83 Å². The molecule has 2 atom stereocenters. The SMILES string of the molecule is CC1CCC(/C=N/NS(C)(=O)=O)C1. The number of hydrogen-bond acceptors (Lipinski definition) is 3. The monoisotopic (exact) mass is 204 g/mol. The molecule has 4 nitrogen and oxygen atoms in total. The highest BCUT2D eigenvalue weighted by Crippen LogP contribution is 2.28. The van der Waals surface area contributed by atoms with E-state index in [1.807, 2.05) is 0 Å². The lowest BCUT2D eigenvalue weighted by Crippen LogP contribution is -2.16. The third kappa shape index (κ3) is 4.26. The molecule has 2 unspecified atom stereocenters. The summed E-state index contributed by atoms with van der Waals surface area (Å²) in [6.07, 6.45) is 6.27. The highest BCUT2D eigenvalue weighted by Gasteiger charge is 2.19. The quantitative estimate of drug-likeness (QED) is 0.550. The van der Waals surface area contributed by atoms with Gasteiger partial charge in [0, 0.05) is 6.21 Å². The van der Waals surface area contributed by atoms with Gasteiger partial charge in [-0.3, -0.25) is 0 Å². The summed E-state index contributed by atoms with van der Waals surface area (Å²) < 4.78 is 21.3. The molecule has 0 saturated heterocycles. The number of sulfonamides is 1. The Morgan fingerprint density at radius 2 is 2.15 bits per heavy atom. The molecule has 1 aliphatic carbocycles. The standard InChI is InChI=1S/C8H16N2O2S/c1-7-3-4-8(5-7)6-9-10-13(2,11)12/h6-8,10H,3-5H2,1-2H3/b9-6+. The Labute approximate surface area is 79.5 Å². The summed E-state index contributed by atoms with van der Waals surface area (Å²) in [7, 11) is -3.18. The van der Waals surface area contributed by atoms with E-state index in [0.29, 0.717) is 5.92 Å². The fourth-order valence-corrected chi connectivity index (χ4v) is 1.87. The Kier molecular flexibility index (Phi) is 3.30. The largest absolute Gasteiger partial charge is 0.244 e. The highest BCUT2D eigenvalue weighted by atomic mass is 32.2. The number of hydrazone groups is 1. The van der Waals surface area contributed by atoms with Gasteiger partial charge in [0.25, 0.3) is 0 Å². The predicted octanol–water partition coefficient (Wildman–Crippen LogP) is 0.958. The summed E-state index contributed by atoms with van der Waals surface area (Å²) in [5, 5.41) is 3.70. The van der Waals surface area contributed by atoms with Crippen molar-refractivity contribution < 1.29 is 8.42 Å². The van der Waals surface area contributed by atoms with Crippen molar-refractivity contribution in [2.45, 2.75) is 26.2 Å². The molecule has 1 rings (SSSR count). The molecule has 0 amide bonds. The zero-order valence-corrected chi connectivity index (χ0v) is 8.84. The van der Waals surface area contributed by atoms with Crippen LogP contribution in [0, 0.1) is 11.8 Å². The van der Waals surface area contributed by atoms with Crippen LogP contribution in [-0.2, 0) is 10.0 Å². The summed E-state index contributed by atoms with van der Waals surface area (Å²) in [6.45, 7) is 2.21. The Balaban J connectivity index is 2.33. The van der Waals surface area contributed by atoms with E-state index in [9.17, 15) is 8.42 Å². The van der Waals surface area contributed by atoms with Crippen LogP contribution in [0.2, 0.25) is 0 Å². The summed E-state index contributed by atoms with van der Waals surface area (Å²) in [6, 6.07) is 0. The first-order chi connectivity index (χ1) is 5.97. The van der Waals surface area contributed by atoms with Crippen molar-refractivity contribution in [3.8, 4) is 0 Å². The molecule has 0 aromatic heterocycles. The van der Waals surface area contributed by atoms with E-state index < -0.39 is 10.0 Å². The molecule has 0 heterocycles. The van der Waals surface area contributed by atoms with Crippen LogP contribution in [0.5, 0.6) is 0 Å². The van der Waals surface area contributed by atoms with E-state index in [-0.39, 0.29) is 0 Å². The van der Waals surface area contributed by atoms with Gasteiger partial charge in [-0.15, -0.1) is 0 Å². The first-order valence-corrected chi connectivity index (χ1v) is 6.36. The lowest BCUT2D eigenvalue weighted by molar-refractivity contribution is 0.588. The molecular formula is C8H16N2O2S. The maximum atomic E-state index is 10.6. The molecule has 0 aromatic carbocycles. The van der Waals surface area contributed by atoms with Gasteiger partial charge in [-0.1, -0.05) is 13.3 Å². The average molecular weight is 204 g/mol. The Morgan fingerprint density at radius 3 is 2.62 bits per heavy atom. The molecule has 0 spiro atoms. The van der Waals surface area contributed by atoms with E-state index in [2.05, 4.69) is 16.9 Å². The molecule has 0 aromatic rings. The number of rotatable bonds is 3. The summed E-state index contributed by atoms with van der Waals surface area (Å²) in [4.78, 5) is 2.11. The smallest absolute Gasteiger partial charge is 0.206 e. The van der Waals surface area contributed by atoms with Crippen molar-refractivity contribution in [2.75, 3.05) is 6.26 Å². The lowest BCUT2D eigenvalue weighted by Gasteiger charge is -2.01. The molecule has 0 aliphatic heterocycles. The normalized spacial score (nSPS) is 29.7. The zero-order chi connectivity index (χ0) is 9.90. The van der Waals surface area contributed by atoms with Crippen molar-refractivity contribution in [3.63, 3.8) is 0 Å². The summed E-state index contributed by atoms with van der Waals surface area (Å²) in [5.41, 5.74) is 0. The second-order valence-electron chi connectivity index (χ2n) is 3.82. The minimum absolute atomic E-state index is 0.448. The van der Waals surface area contributed by atoms with Gasteiger partial charge in [0.15, 0.2) is 0 Å². The van der Waals surface area contributed by atoms with Gasteiger partial charge in [-0.25, -0.2) is 13.2 Å². The average Bonchev–Trinajstić information content (AvgIpc) is 2.33. The molecule has 0 bridgehead atoms. The van der Waals surface area contributed by atoms with Crippen LogP contribution in [-0.4, -0.2) is 20.9 Å². The summed E-state index contributed by atoms with van der Waals surface area (Å²) in [5.74, 6) is 1.19. The fraction of sp³-hybridized carbons (Fsp3) is 0.875. The van der Waals surface area contributed by atoms with E-state index in [4.69, 9.17) is 0 Å². The molecule has 5 heteroatoms. The van der Waals surface area contributed by atoms with Gasteiger partial charge in [-0.05, 0) is 24.7 Å². The van der Waals surface area contributed by atoms with E-state index >= 15 is 0 Å². The lowest BCUT2D eigenvalue weighted by atomic mass is 10.1. The van der Waals surface area contributed by atoms with Crippen LogP contribution in [0.25, 0.3) is 0 Å². The maximum absolute atomic E-state index is 10.6. The molecule has 1 fully saturated rings. The highest BCUT2D eigenvalue weighted by molar-refractivity contribution is 7.88. The molecule has 1 saturated carbocycles. The van der Waals surface area contributed by atoms with Crippen molar-refractivity contribution in [1.29, 1.82) is 0 Å². The third-order valence-electron chi connectivity index (χ3n) is 2.24. The van der Waals surface area contributed by atoms with Crippen LogP contribution in [0.1, 0.15) is 26.2 Å². The minimum Gasteiger partial charge on any atom is -0.206 e. The minimum atomic E-state index is -3.18. The first kappa shape index (κ1) is 10.5. The molecule has 1 N–H and O–H groups in total. The molecule has 1 aliphatic rings. The van der Waals surface area contributed by atoms with Gasteiger partial charge in [-0.2, -0.15) is 5.10 Å². The number of nitrogens with one attached hydrogen (secondary N) is 1. The van der Waals surface area contributed by atoms with E-state index in [1.165, 1.54) is 6.42 Å². The molecule has 13 heavy (non-hydrogen) atoms. The van der Waals surface area contributed by atoms with Crippen molar-refractivity contribution in [3.05, 3.63) is 0 Å². The zero-order valence-electron chi connectivity index (χ0n) is 8.03. The van der Waals surface area contributed by atoms with Crippen LogP contribution >= 0.6 is 0 Å². The number of nitrogens with zero attached hydrogens (tertiary/aromatic N) is 1. The van der Waals surface area contributed by atoms with Crippen LogP contribution in [0.4, 0.5) is 0 Å². The van der Waals surface area contributed by atoms with Gasteiger partial charge < -0.3 is 0 Å². The maximum Gasteiger partial charge on any atom is 0.244 e. The van der Waals surface area contributed by atoms with Gasteiger partial charge >= 0.3 is 0 Å². The van der Waals surface area contributed by atoms with Crippen molar-refractivity contribution >= 4 is 16.2 Å². The van der Waals surface area contributed by atoms with Crippen molar-refractivity contribution in [2.24, 2.45) is 16.9 Å². The Bertz CT molecular complexity index is 285. The summed E-state index contributed by atoms with van der Waals surface area (Å²) >= 11 is 0. The Morgan fingerprint density at radius 1 is 1.46 bits per heavy atom. The van der Waals surface area contributed by atoms with Crippen molar-refractivity contribution in [1.82, 2.24) is 4.83 Å². The topological polar surface area (TPSA) is 58.5 Å². The van der Waals surface area contributed by atoms with Crippen LogP contribution in [0.3, 0.4) is 0 Å². The van der Waals surface area contributed by atoms with Gasteiger partial charge in [0.2, 0.25) is 10.0 Å². The first-order valence-electron chi connectivity index (χ1n) is 4.47. The Hall–Kier alpha value is -0.580. The predicted molar refractivity (Wildman–Crippen MR) is 53.0 cm³/mol. The number of hydrogen-bond donors (Lipinski definition) is 1. The second kappa shape index (κ2) is 4.09. The molecule has 0 radical (unpaired) electrons. The second-order valence-corrected chi connectivity index (χ2v) is 5.55.